The highest BCUT2D eigenvalue weighted by atomic mass is 16.2. The van der Waals surface area contributed by atoms with Gasteiger partial charge in [-0.1, -0.05) is 13.8 Å². The van der Waals surface area contributed by atoms with Gasteiger partial charge in [0, 0.05) is 31.0 Å². The molecule has 0 aliphatic carbocycles. The molecule has 0 saturated carbocycles. The van der Waals surface area contributed by atoms with Crippen LogP contribution in [0, 0.1) is 5.92 Å². The smallest absolute Gasteiger partial charge is 0.257 e. The Hall–Kier alpha value is -1.62. The fourth-order valence-electron chi connectivity index (χ4n) is 1.66. The van der Waals surface area contributed by atoms with Gasteiger partial charge in [-0.25, -0.2) is 0 Å². The van der Waals surface area contributed by atoms with Gasteiger partial charge in [0.2, 0.25) is 0 Å². The highest BCUT2D eigenvalue weighted by Gasteiger charge is 2.19. The number of H-pyrrole nitrogens is 1. The van der Waals surface area contributed by atoms with Crippen molar-refractivity contribution in [3.05, 3.63) is 34.2 Å². The molecule has 1 heterocycles. The van der Waals surface area contributed by atoms with Crippen LogP contribution in [0.2, 0.25) is 0 Å². The summed E-state index contributed by atoms with van der Waals surface area (Å²) in [6.07, 6.45) is 2.95. The van der Waals surface area contributed by atoms with E-state index >= 15 is 0 Å². The molecular formula is C13H21N3O2. The van der Waals surface area contributed by atoms with E-state index in [1.807, 2.05) is 32.8 Å². The number of rotatable bonds is 5. The molecule has 2 N–H and O–H groups in total. The number of hydrogen-bond acceptors (Lipinski definition) is 3. The van der Waals surface area contributed by atoms with Gasteiger partial charge in [0.15, 0.2) is 5.43 Å². The maximum Gasteiger partial charge on any atom is 0.257 e. The molecule has 5 nitrogen and oxygen atoms in total. The lowest BCUT2D eigenvalue weighted by molar-refractivity contribution is 0.0915. The van der Waals surface area contributed by atoms with Gasteiger partial charge in [0.25, 0.3) is 5.91 Å². The van der Waals surface area contributed by atoms with Gasteiger partial charge in [-0.3, -0.25) is 9.59 Å². The van der Waals surface area contributed by atoms with Crippen molar-refractivity contribution in [3.8, 4) is 0 Å². The lowest BCUT2D eigenvalue weighted by atomic mass is 10.0. The summed E-state index contributed by atoms with van der Waals surface area (Å²) < 4.78 is 0. The molecule has 0 aromatic carbocycles. The quantitative estimate of drug-likeness (QED) is 0.809. The van der Waals surface area contributed by atoms with Crippen molar-refractivity contribution in [2.75, 3.05) is 20.6 Å². The van der Waals surface area contributed by atoms with E-state index in [-0.39, 0.29) is 22.9 Å². The fourth-order valence-corrected chi connectivity index (χ4v) is 1.66. The van der Waals surface area contributed by atoms with Gasteiger partial charge in [0.1, 0.15) is 5.56 Å². The van der Waals surface area contributed by atoms with Crippen LogP contribution in [0.15, 0.2) is 23.3 Å². The third-order valence-electron chi connectivity index (χ3n) is 2.75. The molecule has 0 spiro atoms. The van der Waals surface area contributed by atoms with E-state index in [9.17, 15) is 9.59 Å². The Labute approximate surface area is 107 Å². The molecule has 100 valence electrons. The Bertz CT molecular complexity index is 452. The maximum absolute atomic E-state index is 12.0. The average Bonchev–Trinajstić information content (AvgIpc) is 2.27. The number of aromatic nitrogens is 1. The second-order valence-corrected chi connectivity index (χ2v) is 5.01. The summed E-state index contributed by atoms with van der Waals surface area (Å²) in [6.45, 7) is 4.83. The summed E-state index contributed by atoms with van der Waals surface area (Å²) in [5.74, 6) is -0.0171. The first-order valence-electron chi connectivity index (χ1n) is 6.04. The number of carbonyl (C=O) groups excluding carboxylic acids is 1. The number of nitrogens with zero attached hydrogens (tertiary/aromatic N) is 1. The van der Waals surface area contributed by atoms with Gasteiger partial charge in [0.05, 0.1) is 0 Å². The lowest BCUT2D eigenvalue weighted by Gasteiger charge is -2.25. The Morgan fingerprint density at radius 1 is 1.44 bits per heavy atom. The SMILES string of the molecule is CC(C)C(CN(C)C)NC(=O)c1c[nH]ccc1=O. The first-order valence-corrected chi connectivity index (χ1v) is 6.04. The lowest BCUT2D eigenvalue weighted by Crippen LogP contribution is -2.46. The topological polar surface area (TPSA) is 65.2 Å². The molecule has 0 bridgehead atoms. The zero-order valence-corrected chi connectivity index (χ0v) is 11.4. The Kier molecular flexibility index (Phi) is 5.09. The number of amides is 1. The molecule has 1 aromatic rings. The van der Waals surface area contributed by atoms with Gasteiger partial charge >= 0.3 is 0 Å². The molecule has 18 heavy (non-hydrogen) atoms. The fraction of sp³-hybridized carbons (Fsp3) is 0.538. The average molecular weight is 251 g/mol. The predicted octanol–water partition coefficient (Wildman–Crippen LogP) is 0.691. The van der Waals surface area contributed by atoms with Crippen molar-refractivity contribution in [1.82, 2.24) is 15.2 Å². The molecule has 1 rings (SSSR count). The van der Waals surface area contributed by atoms with Crippen molar-refractivity contribution in [2.45, 2.75) is 19.9 Å². The zero-order valence-electron chi connectivity index (χ0n) is 11.4. The summed E-state index contributed by atoms with van der Waals surface area (Å²) in [5.41, 5.74) is -0.111. The maximum atomic E-state index is 12.0. The summed E-state index contributed by atoms with van der Waals surface area (Å²) >= 11 is 0. The highest BCUT2D eigenvalue weighted by molar-refractivity contribution is 5.93. The minimum absolute atomic E-state index is 0.0205. The van der Waals surface area contributed by atoms with E-state index in [4.69, 9.17) is 0 Å². The van der Waals surface area contributed by atoms with Crippen LogP contribution >= 0.6 is 0 Å². The summed E-state index contributed by atoms with van der Waals surface area (Å²) in [4.78, 5) is 28.3. The Morgan fingerprint density at radius 2 is 2.11 bits per heavy atom. The number of carbonyl (C=O) groups is 1. The molecule has 0 radical (unpaired) electrons. The minimum Gasteiger partial charge on any atom is -0.367 e. The molecule has 0 saturated heterocycles. The van der Waals surface area contributed by atoms with Crippen LogP contribution in [0.25, 0.3) is 0 Å². The minimum atomic E-state index is -0.322. The van der Waals surface area contributed by atoms with Crippen molar-refractivity contribution in [2.24, 2.45) is 5.92 Å². The van der Waals surface area contributed by atoms with Crippen LogP contribution in [0.4, 0.5) is 0 Å². The van der Waals surface area contributed by atoms with Crippen molar-refractivity contribution >= 4 is 5.91 Å². The van der Waals surface area contributed by atoms with Crippen LogP contribution in [-0.4, -0.2) is 42.5 Å². The van der Waals surface area contributed by atoms with Crippen molar-refractivity contribution in [3.63, 3.8) is 0 Å². The number of likely N-dealkylation sites (N-methyl/N-ethyl adjacent to an activating group) is 1. The number of aromatic amines is 1. The van der Waals surface area contributed by atoms with Crippen LogP contribution < -0.4 is 10.7 Å². The third-order valence-corrected chi connectivity index (χ3v) is 2.75. The Morgan fingerprint density at radius 3 is 2.61 bits per heavy atom. The molecule has 1 unspecified atom stereocenters. The zero-order chi connectivity index (χ0) is 13.7. The molecule has 1 amide bonds. The second kappa shape index (κ2) is 6.35. The summed E-state index contributed by atoms with van der Waals surface area (Å²) in [7, 11) is 3.91. The van der Waals surface area contributed by atoms with E-state index in [1.165, 1.54) is 18.5 Å². The van der Waals surface area contributed by atoms with Crippen LogP contribution in [0.1, 0.15) is 24.2 Å². The van der Waals surface area contributed by atoms with Crippen molar-refractivity contribution in [1.29, 1.82) is 0 Å². The van der Waals surface area contributed by atoms with Crippen LogP contribution in [0.5, 0.6) is 0 Å². The van der Waals surface area contributed by atoms with Gasteiger partial charge < -0.3 is 15.2 Å². The second-order valence-electron chi connectivity index (χ2n) is 5.01. The van der Waals surface area contributed by atoms with Crippen molar-refractivity contribution < 1.29 is 4.79 Å². The van der Waals surface area contributed by atoms with Crippen LogP contribution in [-0.2, 0) is 0 Å². The highest BCUT2D eigenvalue weighted by Crippen LogP contribution is 2.03. The third kappa shape index (κ3) is 4.00. The summed E-state index contributed by atoms with van der Waals surface area (Å²) in [6, 6.07) is 1.37. The molecule has 0 aliphatic rings. The number of hydrogen-bond donors (Lipinski definition) is 2. The molecular weight excluding hydrogens is 230 g/mol. The van der Waals surface area contributed by atoms with E-state index in [1.54, 1.807) is 0 Å². The van der Waals surface area contributed by atoms with Crippen LogP contribution in [0.3, 0.4) is 0 Å². The standard InChI is InChI=1S/C13H21N3O2/c1-9(2)11(8-16(3)4)15-13(18)10-7-14-6-5-12(10)17/h5-7,9,11H,8H2,1-4H3,(H,14,17)(H,15,18). The largest absolute Gasteiger partial charge is 0.367 e. The molecule has 1 atom stereocenters. The number of nitrogens with one attached hydrogen (secondary N) is 2. The molecule has 0 fully saturated rings. The molecule has 0 aliphatic heterocycles. The normalized spacial score (nSPS) is 12.8. The summed E-state index contributed by atoms with van der Waals surface area (Å²) in [5, 5.41) is 2.90. The van der Waals surface area contributed by atoms with Gasteiger partial charge in [-0.15, -0.1) is 0 Å². The molecule has 5 heteroatoms. The first-order chi connectivity index (χ1) is 8.41. The van der Waals surface area contributed by atoms with E-state index in [2.05, 4.69) is 10.3 Å². The van der Waals surface area contributed by atoms with Gasteiger partial charge in [-0.2, -0.15) is 0 Å². The first kappa shape index (κ1) is 14.4. The van der Waals surface area contributed by atoms with E-state index in [0.717, 1.165) is 6.54 Å². The Balaban J connectivity index is 2.79. The van der Waals surface area contributed by atoms with E-state index in [0.29, 0.717) is 5.92 Å². The predicted molar refractivity (Wildman–Crippen MR) is 71.7 cm³/mol. The van der Waals surface area contributed by atoms with E-state index < -0.39 is 0 Å². The number of pyridine rings is 1. The molecule has 1 aromatic heterocycles. The van der Waals surface area contributed by atoms with Gasteiger partial charge in [-0.05, 0) is 20.0 Å². The monoisotopic (exact) mass is 251 g/mol.